The van der Waals surface area contributed by atoms with Crippen molar-refractivity contribution >= 4 is 24.5 Å². The Kier molecular flexibility index (Phi) is 4.69. The number of rotatable bonds is 4. The predicted molar refractivity (Wildman–Crippen MR) is 43.7 cm³/mol. The van der Waals surface area contributed by atoms with Crippen LogP contribution in [-0.4, -0.2) is 28.8 Å². The summed E-state index contributed by atoms with van der Waals surface area (Å²) in [5.74, 6) is -0.912. The molecule has 0 aromatic rings. The first-order chi connectivity index (χ1) is 5.07. The third-order valence-corrected chi connectivity index (χ3v) is 1.35. The molecule has 0 bridgehead atoms. The molecular weight excluding hydrogens is 166 g/mol. The smallest absolute Gasteiger partial charge is 0.326 e. The van der Waals surface area contributed by atoms with Gasteiger partial charge in [0.05, 0.1) is 0 Å². The summed E-state index contributed by atoms with van der Waals surface area (Å²) < 4.78 is 0. The van der Waals surface area contributed by atoms with Gasteiger partial charge in [-0.05, 0) is 12.2 Å². The van der Waals surface area contributed by atoms with Crippen molar-refractivity contribution in [3.8, 4) is 0 Å². The van der Waals surface area contributed by atoms with Crippen LogP contribution in [-0.2, 0) is 9.59 Å². The van der Waals surface area contributed by atoms with Crippen molar-refractivity contribution < 1.29 is 14.7 Å². The third-order valence-electron chi connectivity index (χ3n) is 1.09. The van der Waals surface area contributed by atoms with Crippen LogP contribution in [0, 0.1) is 0 Å². The number of carboxylic acid groups (broad SMARTS) is 1. The van der Waals surface area contributed by atoms with Crippen molar-refractivity contribution in [3.05, 3.63) is 0 Å². The van der Waals surface area contributed by atoms with E-state index in [9.17, 15) is 9.59 Å². The molecule has 0 aliphatic heterocycles. The lowest BCUT2D eigenvalue weighted by Gasteiger charge is -2.10. The first-order valence-corrected chi connectivity index (χ1v) is 3.82. The van der Waals surface area contributed by atoms with Gasteiger partial charge in [0, 0.05) is 6.92 Å². The van der Waals surface area contributed by atoms with Crippen LogP contribution in [0.4, 0.5) is 0 Å². The average molecular weight is 177 g/mol. The number of aliphatic carboxylic acids is 1. The largest absolute Gasteiger partial charge is 0.480 e. The van der Waals surface area contributed by atoms with Crippen molar-refractivity contribution in [3.63, 3.8) is 0 Å². The van der Waals surface area contributed by atoms with Gasteiger partial charge < -0.3 is 10.4 Å². The molecule has 0 fully saturated rings. The SMILES string of the molecule is CC(=O)N[C@H](CCS)C(=O)O. The molecule has 1 atom stereocenters. The first-order valence-electron chi connectivity index (χ1n) is 3.18. The Bertz CT molecular complexity index is 160. The number of hydrogen-bond donors (Lipinski definition) is 3. The molecule has 0 radical (unpaired) electrons. The van der Waals surface area contributed by atoms with Crippen LogP contribution < -0.4 is 5.32 Å². The van der Waals surface area contributed by atoms with E-state index in [1.54, 1.807) is 0 Å². The van der Waals surface area contributed by atoms with Crippen molar-refractivity contribution in [1.82, 2.24) is 5.32 Å². The molecule has 0 saturated carbocycles. The summed E-state index contributed by atoms with van der Waals surface area (Å²) in [6, 6.07) is -0.801. The molecule has 2 N–H and O–H groups in total. The van der Waals surface area contributed by atoms with Gasteiger partial charge >= 0.3 is 5.97 Å². The number of amides is 1. The summed E-state index contributed by atoms with van der Waals surface area (Å²) in [6.07, 6.45) is 0.345. The van der Waals surface area contributed by atoms with Crippen LogP contribution in [0.3, 0.4) is 0 Å². The lowest BCUT2D eigenvalue weighted by molar-refractivity contribution is -0.141. The Morgan fingerprint density at radius 2 is 2.18 bits per heavy atom. The molecule has 0 aromatic heterocycles. The second kappa shape index (κ2) is 5.01. The van der Waals surface area contributed by atoms with E-state index >= 15 is 0 Å². The number of carbonyl (C=O) groups excluding carboxylic acids is 1. The van der Waals surface area contributed by atoms with Crippen molar-refractivity contribution in [2.24, 2.45) is 0 Å². The number of thiol groups is 1. The maximum atomic E-state index is 10.4. The Morgan fingerprint density at radius 3 is 2.45 bits per heavy atom. The van der Waals surface area contributed by atoms with Gasteiger partial charge in [-0.1, -0.05) is 0 Å². The second-order valence-electron chi connectivity index (χ2n) is 2.10. The van der Waals surface area contributed by atoms with Crippen LogP contribution in [0.25, 0.3) is 0 Å². The van der Waals surface area contributed by atoms with Crippen molar-refractivity contribution in [2.75, 3.05) is 5.75 Å². The third kappa shape index (κ3) is 4.66. The second-order valence-corrected chi connectivity index (χ2v) is 2.55. The molecule has 0 unspecified atom stereocenters. The highest BCUT2D eigenvalue weighted by molar-refractivity contribution is 7.80. The van der Waals surface area contributed by atoms with Crippen LogP contribution in [0.5, 0.6) is 0 Å². The van der Waals surface area contributed by atoms with E-state index in [0.717, 1.165) is 0 Å². The van der Waals surface area contributed by atoms with E-state index in [1.165, 1.54) is 6.92 Å². The zero-order valence-corrected chi connectivity index (χ0v) is 7.10. The number of carboxylic acids is 1. The molecule has 0 spiro atoms. The fourth-order valence-corrected chi connectivity index (χ4v) is 0.890. The summed E-state index contributed by atoms with van der Waals surface area (Å²) in [7, 11) is 0. The summed E-state index contributed by atoms with van der Waals surface area (Å²) in [5.41, 5.74) is 0. The van der Waals surface area contributed by atoms with Gasteiger partial charge in [-0.15, -0.1) is 0 Å². The van der Waals surface area contributed by atoms with E-state index in [-0.39, 0.29) is 5.91 Å². The van der Waals surface area contributed by atoms with Gasteiger partial charge in [-0.25, -0.2) is 4.79 Å². The number of nitrogens with one attached hydrogen (secondary N) is 1. The fourth-order valence-electron chi connectivity index (χ4n) is 0.632. The minimum absolute atomic E-state index is 0.334. The standard InChI is InChI=1S/C6H11NO3S/c1-4(8)7-5(2-3-11)6(9)10/h5,11H,2-3H2,1H3,(H,7,8)(H,9,10)/t5-/m1/s1. The lowest BCUT2D eigenvalue weighted by atomic mass is 10.2. The molecule has 4 nitrogen and oxygen atoms in total. The summed E-state index contributed by atoms with van der Waals surface area (Å²) in [4.78, 5) is 20.8. The molecule has 11 heavy (non-hydrogen) atoms. The molecule has 0 rings (SSSR count). The molecule has 0 aliphatic rings. The van der Waals surface area contributed by atoms with E-state index in [0.29, 0.717) is 12.2 Å². The van der Waals surface area contributed by atoms with Gasteiger partial charge in [0.2, 0.25) is 5.91 Å². The minimum Gasteiger partial charge on any atom is -0.480 e. The van der Waals surface area contributed by atoms with Gasteiger partial charge in [-0.3, -0.25) is 4.79 Å². The Morgan fingerprint density at radius 1 is 1.64 bits per heavy atom. The van der Waals surface area contributed by atoms with Crippen LogP contribution in [0.15, 0.2) is 0 Å². The van der Waals surface area contributed by atoms with Gasteiger partial charge in [0.1, 0.15) is 6.04 Å². The lowest BCUT2D eigenvalue weighted by Crippen LogP contribution is -2.39. The monoisotopic (exact) mass is 177 g/mol. The van der Waals surface area contributed by atoms with E-state index in [2.05, 4.69) is 17.9 Å². The molecular formula is C6H11NO3S. The number of hydrogen-bond acceptors (Lipinski definition) is 3. The maximum absolute atomic E-state index is 10.4. The summed E-state index contributed by atoms with van der Waals surface area (Å²) >= 11 is 3.86. The molecule has 0 saturated heterocycles. The Hall–Kier alpha value is -0.710. The summed E-state index contributed by atoms with van der Waals surface area (Å²) in [6.45, 7) is 1.29. The molecule has 1 amide bonds. The van der Waals surface area contributed by atoms with E-state index < -0.39 is 12.0 Å². The van der Waals surface area contributed by atoms with E-state index in [1.807, 2.05) is 0 Å². The zero-order valence-electron chi connectivity index (χ0n) is 6.20. The minimum atomic E-state index is -1.02. The maximum Gasteiger partial charge on any atom is 0.326 e. The Labute approximate surface area is 70.4 Å². The average Bonchev–Trinajstić information content (AvgIpc) is 1.86. The normalized spacial score (nSPS) is 12.2. The molecule has 0 aromatic carbocycles. The van der Waals surface area contributed by atoms with Gasteiger partial charge in [-0.2, -0.15) is 12.6 Å². The molecule has 64 valence electrons. The van der Waals surface area contributed by atoms with Crippen LogP contribution >= 0.6 is 12.6 Å². The molecule has 0 aliphatic carbocycles. The zero-order chi connectivity index (χ0) is 8.85. The van der Waals surface area contributed by atoms with E-state index in [4.69, 9.17) is 5.11 Å². The number of carbonyl (C=O) groups is 2. The van der Waals surface area contributed by atoms with Gasteiger partial charge in [0.15, 0.2) is 0 Å². The highest BCUT2D eigenvalue weighted by atomic mass is 32.1. The summed E-state index contributed by atoms with van der Waals surface area (Å²) in [5, 5.41) is 10.8. The highest BCUT2D eigenvalue weighted by Gasteiger charge is 2.16. The van der Waals surface area contributed by atoms with Crippen LogP contribution in [0.1, 0.15) is 13.3 Å². The van der Waals surface area contributed by atoms with Crippen molar-refractivity contribution in [1.29, 1.82) is 0 Å². The first kappa shape index (κ1) is 10.3. The fraction of sp³-hybridized carbons (Fsp3) is 0.667. The molecule has 5 heteroatoms. The van der Waals surface area contributed by atoms with Crippen molar-refractivity contribution in [2.45, 2.75) is 19.4 Å². The molecule has 0 heterocycles. The van der Waals surface area contributed by atoms with Gasteiger partial charge in [0.25, 0.3) is 0 Å². The highest BCUT2D eigenvalue weighted by Crippen LogP contribution is 1.93. The Balaban J connectivity index is 3.89. The predicted octanol–water partition coefficient (Wildman–Crippen LogP) is -0.104. The topological polar surface area (TPSA) is 66.4 Å². The van der Waals surface area contributed by atoms with Crippen LogP contribution in [0.2, 0.25) is 0 Å². The quantitative estimate of drug-likeness (QED) is 0.525.